The Morgan fingerprint density at radius 3 is 2.42 bits per heavy atom. The summed E-state index contributed by atoms with van der Waals surface area (Å²) >= 11 is 0. The summed E-state index contributed by atoms with van der Waals surface area (Å²) in [4.78, 5) is 2.14. The number of nitrogens with one attached hydrogen (secondary N) is 1. The van der Waals surface area contributed by atoms with Gasteiger partial charge >= 0.3 is 0 Å². The SMILES string of the molecule is C=C(C)N(C(=C)NCOC)[C@H](C)C1CCC(O)CC1. The summed E-state index contributed by atoms with van der Waals surface area (Å²) in [6.45, 7) is 12.8. The van der Waals surface area contributed by atoms with Gasteiger partial charge in [0, 0.05) is 18.8 Å². The van der Waals surface area contributed by atoms with Crippen molar-refractivity contribution in [2.24, 2.45) is 5.92 Å². The van der Waals surface area contributed by atoms with Crippen molar-refractivity contribution in [3.05, 3.63) is 24.7 Å². The molecule has 1 rings (SSSR count). The topological polar surface area (TPSA) is 44.7 Å². The molecule has 1 saturated carbocycles. The fourth-order valence-electron chi connectivity index (χ4n) is 2.86. The molecule has 0 bridgehead atoms. The standard InChI is InChI=1S/C15H28N2O2/c1-11(2)17(13(4)16-10-19-5)12(3)14-6-8-15(18)9-7-14/h12,14-16,18H,1,4,6-10H2,2-3,5H3/t12-,14?,15?/m1/s1. The third-order valence-corrected chi connectivity index (χ3v) is 3.95. The fourth-order valence-corrected chi connectivity index (χ4v) is 2.86. The van der Waals surface area contributed by atoms with E-state index >= 15 is 0 Å². The zero-order valence-electron chi connectivity index (χ0n) is 12.5. The molecule has 1 fully saturated rings. The highest BCUT2D eigenvalue weighted by molar-refractivity contribution is 5.07. The van der Waals surface area contributed by atoms with E-state index in [0.717, 1.165) is 37.2 Å². The van der Waals surface area contributed by atoms with Crippen molar-refractivity contribution < 1.29 is 9.84 Å². The van der Waals surface area contributed by atoms with E-state index in [1.807, 2.05) is 6.92 Å². The molecular formula is C15H28N2O2. The third kappa shape index (κ3) is 4.55. The van der Waals surface area contributed by atoms with E-state index in [-0.39, 0.29) is 6.10 Å². The first-order valence-electron chi connectivity index (χ1n) is 7.01. The molecule has 0 aromatic heterocycles. The number of hydrogen-bond acceptors (Lipinski definition) is 4. The average molecular weight is 268 g/mol. The number of methoxy groups -OCH3 is 1. The maximum Gasteiger partial charge on any atom is 0.117 e. The van der Waals surface area contributed by atoms with Crippen molar-refractivity contribution in [1.82, 2.24) is 10.2 Å². The zero-order valence-corrected chi connectivity index (χ0v) is 12.5. The van der Waals surface area contributed by atoms with Crippen LogP contribution in [0.3, 0.4) is 0 Å². The highest BCUT2D eigenvalue weighted by Crippen LogP contribution is 2.31. The van der Waals surface area contributed by atoms with Gasteiger partial charge < -0.3 is 20.1 Å². The molecule has 0 aliphatic heterocycles. The van der Waals surface area contributed by atoms with Crippen LogP contribution in [-0.4, -0.2) is 36.0 Å². The summed E-state index contributed by atoms with van der Waals surface area (Å²) in [6.07, 6.45) is 3.80. The van der Waals surface area contributed by atoms with Crippen molar-refractivity contribution in [3.8, 4) is 0 Å². The summed E-state index contributed by atoms with van der Waals surface area (Å²) in [5.74, 6) is 1.40. The Morgan fingerprint density at radius 2 is 1.95 bits per heavy atom. The lowest BCUT2D eigenvalue weighted by Crippen LogP contribution is -2.42. The van der Waals surface area contributed by atoms with Gasteiger partial charge in [-0.15, -0.1) is 0 Å². The van der Waals surface area contributed by atoms with Crippen LogP contribution in [0.25, 0.3) is 0 Å². The molecule has 0 saturated heterocycles. The highest BCUT2D eigenvalue weighted by Gasteiger charge is 2.28. The molecule has 1 aliphatic carbocycles. The minimum Gasteiger partial charge on any atom is -0.393 e. The van der Waals surface area contributed by atoms with Gasteiger partial charge in [-0.2, -0.15) is 0 Å². The predicted molar refractivity (Wildman–Crippen MR) is 78.2 cm³/mol. The zero-order chi connectivity index (χ0) is 14.4. The van der Waals surface area contributed by atoms with Crippen LogP contribution in [0.1, 0.15) is 39.5 Å². The lowest BCUT2D eigenvalue weighted by atomic mass is 9.82. The Balaban J connectivity index is 2.64. The van der Waals surface area contributed by atoms with E-state index in [1.54, 1.807) is 7.11 Å². The summed E-state index contributed by atoms with van der Waals surface area (Å²) in [7, 11) is 1.65. The molecule has 0 heterocycles. The van der Waals surface area contributed by atoms with Crippen LogP contribution < -0.4 is 5.32 Å². The van der Waals surface area contributed by atoms with Crippen LogP contribution in [-0.2, 0) is 4.74 Å². The van der Waals surface area contributed by atoms with E-state index in [0.29, 0.717) is 18.7 Å². The number of hydrogen-bond donors (Lipinski definition) is 2. The van der Waals surface area contributed by atoms with Gasteiger partial charge in [0.25, 0.3) is 0 Å². The van der Waals surface area contributed by atoms with Crippen molar-refractivity contribution in [2.45, 2.75) is 51.7 Å². The molecule has 1 aliphatic rings. The van der Waals surface area contributed by atoms with E-state index in [4.69, 9.17) is 4.74 Å². The molecule has 0 radical (unpaired) electrons. The smallest absolute Gasteiger partial charge is 0.117 e. The fraction of sp³-hybridized carbons (Fsp3) is 0.733. The molecule has 4 heteroatoms. The van der Waals surface area contributed by atoms with Gasteiger partial charge in [0.15, 0.2) is 0 Å². The molecule has 0 amide bonds. The van der Waals surface area contributed by atoms with Crippen molar-refractivity contribution >= 4 is 0 Å². The summed E-state index contributed by atoms with van der Waals surface area (Å²) in [5.41, 5.74) is 0.979. The summed E-state index contributed by atoms with van der Waals surface area (Å²) in [5, 5.41) is 12.7. The molecule has 0 aromatic rings. The molecule has 0 unspecified atom stereocenters. The summed E-state index contributed by atoms with van der Waals surface area (Å²) in [6, 6.07) is 0.335. The van der Waals surface area contributed by atoms with Gasteiger partial charge in [0.05, 0.1) is 6.10 Å². The first-order valence-corrected chi connectivity index (χ1v) is 7.01. The van der Waals surface area contributed by atoms with E-state index in [1.165, 1.54) is 0 Å². The largest absolute Gasteiger partial charge is 0.393 e. The van der Waals surface area contributed by atoms with Crippen molar-refractivity contribution in [1.29, 1.82) is 0 Å². The van der Waals surface area contributed by atoms with Crippen LogP contribution in [0.5, 0.6) is 0 Å². The van der Waals surface area contributed by atoms with Gasteiger partial charge in [-0.25, -0.2) is 0 Å². The number of aliphatic hydroxyl groups excluding tert-OH is 1. The Kier molecular flexibility index (Phi) is 6.38. The molecule has 0 aromatic carbocycles. The number of allylic oxidation sites excluding steroid dienone is 1. The second-order valence-electron chi connectivity index (χ2n) is 5.47. The molecule has 1 atom stereocenters. The number of aliphatic hydroxyl groups is 1. The molecule has 110 valence electrons. The maximum absolute atomic E-state index is 9.60. The number of nitrogens with zero attached hydrogens (tertiary/aromatic N) is 1. The Labute approximate surface area is 117 Å². The molecular weight excluding hydrogens is 240 g/mol. The van der Waals surface area contributed by atoms with Crippen molar-refractivity contribution in [2.75, 3.05) is 13.8 Å². The van der Waals surface area contributed by atoms with Crippen molar-refractivity contribution in [3.63, 3.8) is 0 Å². The lowest BCUT2D eigenvalue weighted by Gasteiger charge is -2.40. The maximum atomic E-state index is 9.60. The van der Waals surface area contributed by atoms with E-state index in [9.17, 15) is 5.11 Å². The Morgan fingerprint density at radius 1 is 1.37 bits per heavy atom. The second kappa shape index (κ2) is 7.56. The monoisotopic (exact) mass is 268 g/mol. The van der Waals surface area contributed by atoms with Crippen LogP contribution in [0.4, 0.5) is 0 Å². The molecule has 4 nitrogen and oxygen atoms in total. The first-order chi connectivity index (χ1) is 8.97. The lowest BCUT2D eigenvalue weighted by molar-refractivity contribution is 0.0822. The van der Waals surface area contributed by atoms with E-state index < -0.39 is 0 Å². The molecule has 19 heavy (non-hydrogen) atoms. The van der Waals surface area contributed by atoms with Crippen LogP contribution >= 0.6 is 0 Å². The minimum atomic E-state index is -0.114. The van der Waals surface area contributed by atoms with Gasteiger partial charge in [-0.05, 0) is 45.4 Å². The van der Waals surface area contributed by atoms with Gasteiger partial charge in [-0.3, -0.25) is 0 Å². The molecule has 0 spiro atoms. The number of ether oxygens (including phenoxy) is 1. The van der Waals surface area contributed by atoms with Crippen LogP contribution in [0.2, 0.25) is 0 Å². The van der Waals surface area contributed by atoms with Crippen LogP contribution in [0, 0.1) is 5.92 Å². The normalized spacial score (nSPS) is 24.6. The van der Waals surface area contributed by atoms with Crippen LogP contribution in [0.15, 0.2) is 24.7 Å². The predicted octanol–water partition coefficient (Wildman–Crippen LogP) is 2.43. The number of rotatable bonds is 7. The van der Waals surface area contributed by atoms with E-state index in [2.05, 4.69) is 30.3 Å². The average Bonchev–Trinajstić information content (AvgIpc) is 2.36. The molecule has 2 N–H and O–H groups in total. The highest BCUT2D eigenvalue weighted by atomic mass is 16.5. The second-order valence-corrected chi connectivity index (χ2v) is 5.47. The van der Waals surface area contributed by atoms with Gasteiger partial charge in [0.2, 0.25) is 0 Å². The Bertz CT molecular complexity index is 309. The van der Waals surface area contributed by atoms with Gasteiger partial charge in [0.1, 0.15) is 12.6 Å². The van der Waals surface area contributed by atoms with Gasteiger partial charge in [-0.1, -0.05) is 13.2 Å². The summed E-state index contributed by atoms with van der Waals surface area (Å²) < 4.78 is 5.02. The minimum absolute atomic E-state index is 0.114. The third-order valence-electron chi connectivity index (χ3n) is 3.95. The Hall–Kier alpha value is -1.00. The quantitative estimate of drug-likeness (QED) is 0.696. The first kappa shape index (κ1) is 16.1.